The molecule has 1 heterocycles. The third-order valence-corrected chi connectivity index (χ3v) is 2.57. The molecule has 1 rings (SSSR count). The Hall–Kier alpha value is -1.63. The molecular formula is C13H26N6O. The topological polar surface area (TPSA) is 66.4 Å². The van der Waals surface area contributed by atoms with Gasteiger partial charge in [-0.1, -0.05) is 0 Å². The lowest BCUT2D eigenvalue weighted by molar-refractivity contribution is 0.0844. The Morgan fingerprint density at radius 1 is 1.10 bits per heavy atom. The summed E-state index contributed by atoms with van der Waals surface area (Å²) in [6.07, 6.45) is 0.233. The van der Waals surface area contributed by atoms with Crippen LogP contribution in [0.15, 0.2) is 0 Å². The first kappa shape index (κ1) is 16.4. The Morgan fingerprint density at radius 2 is 1.75 bits per heavy atom. The number of aromatic nitrogens is 3. The zero-order chi connectivity index (χ0) is 15.1. The van der Waals surface area contributed by atoms with E-state index in [9.17, 15) is 0 Å². The van der Waals surface area contributed by atoms with E-state index in [4.69, 9.17) is 4.74 Å². The molecule has 0 fully saturated rings. The maximum absolute atomic E-state index is 5.55. The van der Waals surface area contributed by atoms with Crippen LogP contribution in [0, 0.1) is 0 Å². The van der Waals surface area contributed by atoms with Crippen LogP contribution in [0.25, 0.3) is 0 Å². The number of anilines is 3. The summed E-state index contributed by atoms with van der Waals surface area (Å²) in [5.74, 6) is 1.88. The van der Waals surface area contributed by atoms with E-state index in [2.05, 4.69) is 20.3 Å². The normalized spacial score (nSPS) is 10.8. The summed E-state index contributed by atoms with van der Waals surface area (Å²) >= 11 is 0. The Kier molecular flexibility index (Phi) is 6.44. The summed E-state index contributed by atoms with van der Waals surface area (Å²) in [4.78, 5) is 17.0. The van der Waals surface area contributed by atoms with Gasteiger partial charge in [0.1, 0.15) is 0 Å². The molecule has 7 nitrogen and oxygen atoms in total. The van der Waals surface area contributed by atoms with Crippen LogP contribution in [0.2, 0.25) is 0 Å². The number of likely N-dealkylation sites (N-methyl/N-ethyl adjacent to an activating group) is 1. The maximum Gasteiger partial charge on any atom is 0.231 e. The minimum atomic E-state index is 0.233. The minimum Gasteiger partial charge on any atom is -0.377 e. The molecule has 1 aromatic heterocycles. The fourth-order valence-corrected chi connectivity index (χ4v) is 1.49. The summed E-state index contributed by atoms with van der Waals surface area (Å²) < 4.78 is 5.55. The third-order valence-electron chi connectivity index (χ3n) is 2.57. The van der Waals surface area contributed by atoms with Crippen LogP contribution in [-0.4, -0.2) is 61.9 Å². The molecule has 1 aromatic rings. The van der Waals surface area contributed by atoms with Crippen LogP contribution in [0.4, 0.5) is 17.8 Å². The van der Waals surface area contributed by atoms with Crippen molar-refractivity contribution in [2.24, 2.45) is 0 Å². The predicted octanol–water partition coefficient (Wildman–Crippen LogP) is 1.23. The van der Waals surface area contributed by atoms with Crippen LogP contribution < -0.4 is 15.1 Å². The average Bonchev–Trinajstić information content (AvgIpc) is 2.38. The van der Waals surface area contributed by atoms with Crippen molar-refractivity contribution in [2.75, 3.05) is 56.0 Å². The summed E-state index contributed by atoms with van der Waals surface area (Å²) in [6, 6.07) is 0. The second kappa shape index (κ2) is 7.84. The van der Waals surface area contributed by atoms with E-state index < -0.39 is 0 Å². The highest BCUT2D eigenvalue weighted by Crippen LogP contribution is 2.13. The zero-order valence-corrected chi connectivity index (χ0v) is 13.3. The van der Waals surface area contributed by atoms with Gasteiger partial charge in [-0.15, -0.1) is 0 Å². The molecule has 0 amide bonds. The molecule has 0 saturated heterocycles. The molecule has 0 aliphatic rings. The van der Waals surface area contributed by atoms with Gasteiger partial charge in [0.25, 0.3) is 0 Å². The van der Waals surface area contributed by atoms with Crippen molar-refractivity contribution in [3.63, 3.8) is 0 Å². The van der Waals surface area contributed by atoms with Crippen molar-refractivity contribution in [3.05, 3.63) is 0 Å². The molecule has 0 spiro atoms. The van der Waals surface area contributed by atoms with Gasteiger partial charge < -0.3 is 19.9 Å². The fourth-order valence-electron chi connectivity index (χ4n) is 1.49. The molecule has 0 bridgehead atoms. The van der Waals surface area contributed by atoms with Gasteiger partial charge in [-0.25, -0.2) is 0 Å². The van der Waals surface area contributed by atoms with Gasteiger partial charge in [0.2, 0.25) is 17.8 Å². The molecule has 0 atom stereocenters. The van der Waals surface area contributed by atoms with Crippen LogP contribution in [0.1, 0.15) is 20.8 Å². The highest BCUT2D eigenvalue weighted by Gasteiger charge is 2.11. The van der Waals surface area contributed by atoms with Crippen LogP contribution in [0.3, 0.4) is 0 Å². The standard InChI is InChI=1S/C13H26N6O/c1-7-14-11-15-12(18(4)5)17-13(16-11)19(6)8-9-20-10(2)3/h10H,7-9H2,1-6H3,(H,14,15,16,17). The smallest absolute Gasteiger partial charge is 0.231 e. The maximum atomic E-state index is 5.55. The number of nitrogens with one attached hydrogen (secondary N) is 1. The summed E-state index contributed by atoms with van der Waals surface area (Å²) in [7, 11) is 5.78. The van der Waals surface area contributed by atoms with Crippen molar-refractivity contribution in [1.82, 2.24) is 15.0 Å². The molecular weight excluding hydrogens is 256 g/mol. The van der Waals surface area contributed by atoms with Crippen molar-refractivity contribution < 1.29 is 4.74 Å². The van der Waals surface area contributed by atoms with E-state index in [1.807, 2.05) is 51.7 Å². The van der Waals surface area contributed by atoms with E-state index >= 15 is 0 Å². The van der Waals surface area contributed by atoms with Crippen LogP contribution in [0.5, 0.6) is 0 Å². The van der Waals surface area contributed by atoms with Gasteiger partial charge in [0.05, 0.1) is 12.7 Å². The largest absolute Gasteiger partial charge is 0.377 e. The van der Waals surface area contributed by atoms with Gasteiger partial charge in [-0.2, -0.15) is 15.0 Å². The Labute approximate surface area is 121 Å². The summed E-state index contributed by atoms with van der Waals surface area (Å²) in [5, 5.41) is 3.13. The van der Waals surface area contributed by atoms with Crippen molar-refractivity contribution in [2.45, 2.75) is 26.9 Å². The quantitative estimate of drug-likeness (QED) is 0.769. The molecule has 114 valence electrons. The van der Waals surface area contributed by atoms with E-state index in [1.54, 1.807) is 0 Å². The molecule has 0 aromatic carbocycles. The number of nitrogens with zero attached hydrogens (tertiary/aromatic N) is 5. The monoisotopic (exact) mass is 282 g/mol. The van der Waals surface area contributed by atoms with Gasteiger partial charge in [0.15, 0.2) is 0 Å². The lowest BCUT2D eigenvalue weighted by Gasteiger charge is -2.20. The van der Waals surface area contributed by atoms with Crippen LogP contribution >= 0.6 is 0 Å². The highest BCUT2D eigenvalue weighted by molar-refractivity contribution is 5.44. The number of ether oxygens (including phenoxy) is 1. The molecule has 0 unspecified atom stereocenters. The highest BCUT2D eigenvalue weighted by atomic mass is 16.5. The molecule has 0 aliphatic heterocycles. The average molecular weight is 282 g/mol. The number of hydrogen-bond acceptors (Lipinski definition) is 7. The molecule has 1 N–H and O–H groups in total. The first-order chi connectivity index (χ1) is 9.43. The summed E-state index contributed by atoms with van der Waals surface area (Å²) in [5.41, 5.74) is 0. The minimum absolute atomic E-state index is 0.233. The van der Waals surface area contributed by atoms with Crippen molar-refractivity contribution >= 4 is 17.8 Å². The first-order valence-corrected chi connectivity index (χ1v) is 6.94. The Morgan fingerprint density at radius 3 is 2.30 bits per heavy atom. The van der Waals surface area contributed by atoms with Gasteiger partial charge in [-0.05, 0) is 20.8 Å². The second-order valence-electron chi connectivity index (χ2n) is 5.02. The molecule has 0 radical (unpaired) electrons. The van der Waals surface area contributed by atoms with Crippen molar-refractivity contribution in [1.29, 1.82) is 0 Å². The third kappa shape index (κ3) is 5.16. The van der Waals surface area contributed by atoms with Crippen LogP contribution in [-0.2, 0) is 4.74 Å². The SMILES string of the molecule is CCNc1nc(N(C)C)nc(N(C)CCOC(C)C)n1. The van der Waals surface area contributed by atoms with E-state index in [-0.39, 0.29) is 6.10 Å². The number of hydrogen-bond donors (Lipinski definition) is 1. The lowest BCUT2D eigenvalue weighted by atomic mass is 10.5. The molecule has 0 saturated carbocycles. The molecule has 20 heavy (non-hydrogen) atoms. The van der Waals surface area contributed by atoms with Crippen molar-refractivity contribution in [3.8, 4) is 0 Å². The van der Waals surface area contributed by atoms with E-state index in [0.29, 0.717) is 24.5 Å². The Balaban J connectivity index is 2.80. The van der Waals surface area contributed by atoms with E-state index in [0.717, 1.165) is 13.1 Å². The second-order valence-corrected chi connectivity index (χ2v) is 5.02. The predicted molar refractivity (Wildman–Crippen MR) is 82.7 cm³/mol. The van der Waals surface area contributed by atoms with E-state index in [1.165, 1.54) is 0 Å². The number of rotatable bonds is 8. The lowest BCUT2D eigenvalue weighted by Crippen LogP contribution is -2.27. The first-order valence-electron chi connectivity index (χ1n) is 6.94. The van der Waals surface area contributed by atoms with Gasteiger partial charge in [0, 0.05) is 34.2 Å². The summed E-state index contributed by atoms with van der Waals surface area (Å²) in [6.45, 7) is 8.22. The van der Waals surface area contributed by atoms with Gasteiger partial charge in [-0.3, -0.25) is 0 Å². The Bertz CT molecular complexity index is 410. The van der Waals surface area contributed by atoms with Gasteiger partial charge >= 0.3 is 0 Å². The molecule has 7 heteroatoms. The zero-order valence-electron chi connectivity index (χ0n) is 13.3. The fraction of sp³-hybridized carbons (Fsp3) is 0.769. The molecule has 0 aliphatic carbocycles.